The number of benzene rings is 1. The Hall–Kier alpha value is -1.47. The van der Waals surface area contributed by atoms with E-state index < -0.39 is 0 Å². The Morgan fingerprint density at radius 1 is 1.14 bits per heavy atom. The van der Waals surface area contributed by atoms with Gasteiger partial charge in [-0.05, 0) is 5.56 Å². The van der Waals surface area contributed by atoms with Crippen LogP contribution in [0.2, 0.25) is 0 Å². The number of likely N-dealkylation sites (N-methyl/N-ethyl adjacent to an activating group) is 1. The molecule has 1 aromatic carbocycles. The van der Waals surface area contributed by atoms with Gasteiger partial charge >= 0.3 is 0 Å². The van der Waals surface area contributed by atoms with E-state index in [1.807, 2.05) is 30.3 Å². The highest BCUT2D eigenvalue weighted by atomic mass is 16.7. The number of nitrogens with one attached hydrogen (secondary N) is 2. The van der Waals surface area contributed by atoms with Crippen LogP contribution in [0.4, 0.5) is 0 Å². The van der Waals surface area contributed by atoms with Crippen molar-refractivity contribution < 1.29 is 9.63 Å². The minimum absolute atomic E-state index is 0.0184. The average molecular weight is 306 g/mol. The van der Waals surface area contributed by atoms with E-state index in [1.165, 1.54) is 5.06 Å². The molecule has 2 N–H and O–H groups in total. The Balaban J connectivity index is 1.74. The van der Waals surface area contributed by atoms with E-state index in [9.17, 15) is 4.79 Å². The molecule has 122 valence electrons. The maximum atomic E-state index is 12.2. The van der Waals surface area contributed by atoms with Crippen molar-refractivity contribution in [1.29, 1.82) is 0 Å². The number of rotatable bonds is 5. The number of hydrogen-bond donors (Lipinski definition) is 2. The standard InChI is InChI=1S/C16H26N4O2/c1-19(22-14-15-5-3-2-4-6-15)16(21)13-20-11-9-17-7-8-18-10-12-20/h2-6,17-18H,7-14H2,1H3. The van der Waals surface area contributed by atoms with E-state index >= 15 is 0 Å². The molecule has 1 fully saturated rings. The Kier molecular flexibility index (Phi) is 7.32. The van der Waals surface area contributed by atoms with E-state index in [2.05, 4.69) is 15.5 Å². The first-order valence-electron chi connectivity index (χ1n) is 7.83. The van der Waals surface area contributed by atoms with E-state index in [0.717, 1.165) is 44.8 Å². The highest BCUT2D eigenvalue weighted by Crippen LogP contribution is 2.02. The number of amides is 1. The monoisotopic (exact) mass is 306 g/mol. The van der Waals surface area contributed by atoms with Crippen LogP contribution in [0.25, 0.3) is 0 Å². The van der Waals surface area contributed by atoms with E-state index in [0.29, 0.717) is 13.2 Å². The molecular weight excluding hydrogens is 280 g/mol. The van der Waals surface area contributed by atoms with Crippen LogP contribution in [0.1, 0.15) is 5.56 Å². The van der Waals surface area contributed by atoms with Gasteiger partial charge in [0.15, 0.2) is 0 Å². The fourth-order valence-corrected chi connectivity index (χ4v) is 2.28. The summed E-state index contributed by atoms with van der Waals surface area (Å²) in [5, 5.41) is 8.04. The first kappa shape index (κ1) is 16.9. The molecule has 0 aromatic heterocycles. The van der Waals surface area contributed by atoms with Crippen molar-refractivity contribution in [2.45, 2.75) is 6.61 Å². The van der Waals surface area contributed by atoms with Crippen molar-refractivity contribution in [3.05, 3.63) is 35.9 Å². The molecule has 0 atom stereocenters. The van der Waals surface area contributed by atoms with Crippen LogP contribution in [0.5, 0.6) is 0 Å². The molecule has 0 unspecified atom stereocenters. The lowest BCUT2D eigenvalue weighted by Gasteiger charge is -2.24. The van der Waals surface area contributed by atoms with E-state index in [4.69, 9.17) is 4.84 Å². The molecule has 1 heterocycles. The smallest absolute Gasteiger partial charge is 0.260 e. The van der Waals surface area contributed by atoms with Gasteiger partial charge in [-0.15, -0.1) is 0 Å². The van der Waals surface area contributed by atoms with Crippen molar-refractivity contribution in [3.8, 4) is 0 Å². The summed E-state index contributed by atoms with van der Waals surface area (Å²) in [6.45, 7) is 6.30. The molecule has 1 saturated heterocycles. The molecule has 0 aliphatic carbocycles. The van der Waals surface area contributed by atoms with Gasteiger partial charge in [-0.3, -0.25) is 14.5 Å². The summed E-state index contributed by atoms with van der Waals surface area (Å²) in [4.78, 5) is 19.9. The van der Waals surface area contributed by atoms with Crippen LogP contribution in [0.15, 0.2) is 30.3 Å². The summed E-state index contributed by atoms with van der Waals surface area (Å²) in [7, 11) is 1.68. The lowest BCUT2D eigenvalue weighted by Crippen LogP contribution is -2.42. The summed E-state index contributed by atoms with van der Waals surface area (Å²) >= 11 is 0. The van der Waals surface area contributed by atoms with E-state index in [-0.39, 0.29) is 5.91 Å². The SMILES string of the molecule is CN(OCc1ccccc1)C(=O)CN1CCNCCNCC1. The maximum absolute atomic E-state index is 12.2. The summed E-state index contributed by atoms with van der Waals surface area (Å²) < 4.78 is 0. The summed E-state index contributed by atoms with van der Waals surface area (Å²) in [6, 6.07) is 9.85. The number of nitrogens with zero attached hydrogens (tertiary/aromatic N) is 2. The minimum atomic E-state index is -0.0184. The number of carbonyl (C=O) groups is 1. The summed E-state index contributed by atoms with van der Waals surface area (Å²) in [5.74, 6) is -0.0184. The van der Waals surface area contributed by atoms with Gasteiger partial charge in [0.2, 0.25) is 0 Å². The van der Waals surface area contributed by atoms with Gasteiger partial charge in [-0.1, -0.05) is 30.3 Å². The second-order valence-electron chi connectivity index (χ2n) is 5.43. The molecule has 0 bridgehead atoms. The zero-order valence-electron chi connectivity index (χ0n) is 13.3. The Morgan fingerprint density at radius 2 is 1.77 bits per heavy atom. The first-order valence-corrected chi connectivity index (χ1v) is 7.83. The molecule has 1 aliphatic heterocycles. The summed E-state index contributed by atoms with van der Waals surface area (Å²) in [6.07, 6.45) is 0. The van der Waals surface area contributed by atoms with Crippen LogP contribution in [0.3, 0.4) is 0 Å². The normalized spacial score (nSPS) is 17.3. The molecule has 0 saturated carbocycles. The second kappa shape index (κ2) is 9.53. The van der Waals surface area contributed by atoms with Gasteiger partial charge in [-0.25, -0.2) is 5.06 Å². The van der Waals surface area contributed by atoms with Crippen LogP contribution in [-0.2, 0) is 16.2 Å². The highest BCUT2D eigenvalue weighted by molar-refractivity contribution is 5.76. The third-order valence-corrected chi connectivity index (χ3v) is 3.67. The third-order valence-electron chi connectivity index (χ3n) is 3.67. The van der Waals surface area contributed by atoms with Crippen LogP contribution in [0, 0.1) is 0 Å². The molecular formula is C16H26N4O2. The Morgan fingerprint density at radius 3 is 2.41 bits per heavy atom. The zero-order chi connectivity index (χ0) is 15.6. The fourth-order valence-electron chi connectivity index (χ4n) is 2.28. The molecule has 6 heteroatoms. The molecule has 1 amide bonds. The fraction of sp³-hybridized carbons (Fsp3) is 0.562. The van der Waals surface area contributed by atoms with Crippen molar-refractivity contribution in [1.82, 2.24) is 20.6 Å². The molecule has 1 aliphatic rings. The Bertz CT molecular complexity index is 431. The quantitative estimate of drug-likeness (QED) is 0.754. The van der Waals surface area contributed by atoms with Crippen LogP contribution >= 0.6 is 0 Å². The number of carbonyl (C=O) groups excluding carboxylic acids is 1. The van der Waals surface area contributed by atoms with Gasteiger partial charge in [0.1, 0.15) is 6.61 Å². The zero-order valence-corrected chi connectivity index (χ0v) is 13.3. The molecule has 2 rings (SSSR count). The highest BCUT2D eigenvalue weighted by Gasteiger charge is 2.15. The predicted molar refractivity (Wildman–Crippen MR) is 86.2 cm³/mol. The lowest BCUT2D eigenvalue weighted by atomic mass is 10.2. The minimum Gasteiger partial charge on any atom is -0.314 e. The Labute approximate surface area is 132 Å². The number of hydroxylamine groups is 2. The first-order chi connectivity index (χ1) is 10.8. The average Bonchev–Trinajstić information content (AvgIpc) is 2.67. The molecule has 1 aromatic rings. The topological polar surface area (TPSA) is 56.8 Å². The van der Waals surface area contributed by atoms with Crippen molar-refractivity contribution >= 4 is 5.91 Å². The van der Waals surface area contributed by atoms with Crippen molar-refractivity contribution in [3.63, 3.8) is 0 Å². The molecule has 6 nitrogen and oxygen atoms in total. The number of hydrogen-bond acceptors (Lipinski definition) is 5. The van der Waals surface area contributed by atoms with Crippen LogP contribution in [-0.4, -0.2) is 68.7 Å². The van der Waals surface area contributed by atoms with Gasteiger partial charge in [0, 0.05) is 46.3 Å². The van der Waals surface area contributed by atoms with Gasteiger partial charge in [0.05, 0.1) is 6.54 Å². The summed E-state index contributed by atoms with van der Waals surface area (Å²) in [5.41, 5.74) is 1.05. The molecule has 0 radical (unpaired) electrons. The molecule has 0 spiro atoms. The van der Waals surface area contributed by atoms with E-state index in [1.54, 1.807) is 7.05 Å². The van der Waals surface area contributed by atoms with Crippen molar-refractivity contribution in [2.75, 3.05) is 52.9 Å². The third kappa shape index (κ3) is 6.11. The second-order valence-corrected chi connectivity index (χ2v) is 5.43. The van der Waals surface area contributed by atoms with Gasteiger partial charge in [0.25, 0.3) is 5.91 Å². The van der Waals surface area contributed by atoms with Gasteiger partial charge < -0.3 is 10.6 Å². The van der Waals surface area contributed by atoms with Gasteiger partial charge in [-0.2, -0.15) is 0 Å². The van der Waals surface area contributed by atoms with Crippen molar-refractivity contribution in [2.24, 2.45) is 0 Å². The largest absolute Gasteiger partial charge is 0.314 e. The molecule has 22 heavy (non-hydrogen) atoms. The van der Waals surface area contributed by atoms with Crippen LogP contribution < -0.4 is 10.6 Å². The predicted octanol–water partition coefficient (Wildman–Crippen LogP) is 0.0714. The maximum Gasteiger partial charge on any atom is 0.260 e. The lowest BCUT2D eigenvalue weighted by molar-refractivity contribution is -0.183.